The van der Waals surface area contributed by atoms with Crippen molar-refractivity contribution in [1.29, 1.82) is 0 Å². The second-order valence-corrected chi connectivity index (χ2v) is 8.08. The van der Waals surface area contributed by atoms with Crippen molar-refractivity contribution in [2.75, 3.05) is 20.5 Å². The van der Waals surface area contributed by atoms with Gasteiger partial charge in [-0.1, -0.05) is 23.9 Å². The van der Waals surface area contributed by atoms with Crippen LogP contribution in [0.3, 0.4) is 0 Å². The number of aromatic nitrogens is 2. The lowest BCUT2D eigenvalue weighted by atomic mass is 10.1. The summed E-state index contributed by atoms with van der Waals surface area (Å²) in [7, 11) is 1.58. The van der Waals surface area contributed by atoms with E-state index in [9.17, 15) is 14.9 Å². The van der Waals surface area contributed by atoms with Crippen LogP contribution < -0.4 is 10.3 Å². The average molecular weight is 443 g/mol. The van der Waals surface area contributed by atoms with Crippen molar-refractivity contribution >= 4 is 28.4 Å². The van der Waals surface area contributed by atoms with E-state index in [4.69, 9.17) is 19.2 Å². The van der Waals surface area contributed by atoms with E-state index in [0.29, 0.717) is 45.3 Å². The summed E-state index contributed by atoms with van der Waals surface area (Å²) in [4.78, 5) is 28.8. The van der Waals surface area contributed by atoms with Crippen LogP contribution in [0.5, 0.6) is 5.75 Å². The maximum Gasteiger partial charge on any atom is 0.270 e. The van der Waals surface area contributed by atoms with Crippen molar-refractivity contribution in [1.82, 2.24) is 9.55 Å². The zero-order valence-electron chi connectivity index (χ0n) is 17.1. The number of methoxy groups -OCH3 is 1. The third kappa shape index (κ3) is 4.27. The highest BCUT2D eigenvalue weighted by Gasteiger charge is 2.22. The highest BCUT2D eigenvalue weighted by Crippen LogP contribution is 2.36. The van der Waals surface area contributed by atoms with Crippen LogP contribution >= 0.6 is 11.8 Å². The van der Waals surface area contributed by atoms with Gasteiger partial charge in [0.25, 0.3) is 11.2 Å². The number of rotatable bonds is 7. The summed E-state index contributed by atoms with van der Waals surface area (Å²) < 4.78 is 17.8. The Kier molecular flexibility index (Phi) is 6.21. The van der Waals surface area contributed by atoms with E-state index in [2.05, 4.69) is 0 Å². The SMILES string of the molecule is COCC(C)n1c(SCc2cc([N+](=O)[O-])cc3c2OCOC3)nc2ccccc2c1=O. The molecule has 0 aliphatic carbocycles. The Morgan fingerprint density at radius 2 is 2.16 bits per heavy atom. The lowest BCUT2D eigenvalue weighted by Crippen LogP contribution is -2.28. The molecular weight excluding hydrogens is 422 g/mol. The molecule has 3 aromatic rings. The molecule has 0 saturated carbocycles. The van der Waals surface area contributed by atoms with Crippen LogP contribution in [-0.4, -0.2) is 35.0 Å². The molecular formula is C21H21N3O6S. The van der Waals surface area contributed by atoms with Crippen molar-refractivity contribution in [2.45, 2.75) is 30.5 Å². The molecule has 2 aromatic carbocycles. The lowest BCUT2D eigenvalue weighted by Gasteiger charge is -2.21. The van der Waals surface area contributed by atoms with Crippen LogP contribution in [0, 0.1) is 10.1 Å². The summed E-state index contributed by atoms with van der Waals surface area (Å²) in [5.74, 6) is 0.929. The van der Waals surface area contributed by atoms with Gasteiger partial charge >= 0.3 is 0 Å². The van der Waals surface area contributed by atoms with Gasteiger partial charge in [0.1, 0.15) is 5.75 Å². The number of para-hydroxylation sites is 1. The quantitative estimate of drug-likeness (QED) is 0.236. The van der Waals surface area contributed by atoms with Gasteiger partial charge in [0.2, 0.25) is 0 Å². The molecule has 0 spiro atoms. The molecule has 2 heterocycles. The number of nitro groups is 1. The van der Waals surface area contributed by atoms with E-state index in [1.807, 2.05) is 13.0 Å². The second kappa shape index (κ2) is 9.04. The van der Waals surface area contributed by atoms with Crippen molar-refractivity contribution in [3.63, 3.8) is 0 Å². The summed E-state index contributed by atoms with van der Waals surface area (Å²) in [6.45, 7) is 2.58. The third-order valence-corrected chi connectivity index (χ3v) is 5.96. The second-order valence-electron chi connectivity index (χ2n) is 7.14. The molecule has 1 unspecified atom stereocenters. The third-order valence-electron chi connectivity index (χ3n) is 4.96. The Bertz CT molecular complexity index is 1200. The molecule has 31 heavy (non-hydrogen) atoms. The van der Waals surface area contributed by atoms with E-state index < -0.39 is 4.92 Å². The van der Waals surface area contributed by atoms with Gasteiger partial charge in [0, 0.05) is 36.1 Å². The minimum absolute atomic E-state index is 0.0277. The molecule has 0 fully saturated rings. The highest BCUT2D eigenvalue weighted by atomic mass is 32.2. The number of fused-ring (bicyclic) bond motifs is 2. The van der Waals surface area contributed by atoms with Crippen molar-refractivity contribution < 1.29 is 19.1 Å². The molecule has 10 heteroatoms. The number of benzene rings is 2. The Morgan fingerprint density at radius 1 is 1.35 bits per heavy atom. The molecule has 0 radical (unpaired) electrons. The van der Waals surface area contributed by atoms with Gasteiger partial charge in [-0.3, -0.25) is 19.5 Å². The van der Waals surface area contributed by atoms with E-state index in [0.717, 1.165) is 0 Å². The van der Waals surface area contributed by atoms with E-state index in [1.54, 1.807) is 29.9 Å². The van der Waals surface area contributed by atoms with Crippen LogP contribution in [0.1, 0.15) is 24.1 Å². The zero-order valence-corrected chi connectivity index (χ0v) is 17.9. The summed E-state index contributed by atoms with van der Waals surface area (Å²) in [6.07, 6.45) is 0. The molecule has 1 atom stereocenters. The topological polar surface area (TPSA) is 106 Å². The van der Waals surface area contributed by atoms with Gasteiger partial charge in [0.15, 0.2) is 11.9 Å². The van der Waals surface area contributed by atoms with E-state index in [1.165, 1.54) is 23.9 Å². The van der Waals surface area contributed by atoms with Crippen molar-refractivity contribution in [3.05, 3.63) is 68.0 Å². The first-order valence-corrected chi connectivity index (χ1v) is 10.6. The number of hydrogen-bond donors (Lipinski definition) is 0. The zero-order chi connectivity index (χ0) is 22.0. The number of non-ortho nitro benzene ring substituents is 1. The van der Waals surface area contributed by atoms with Gasteiger partial charge in [-0.15, -0.1) is 0 Å². The Balaban J connectivity index is 1.75. The predicted octanol–water partition coefficient (Wildman–Crippen LogP) is 3.67. The van der Waals surface area contributed by atoms with Crippen molar-refractivity contribution in [3.8, 4) is 5.75 Å². The van der Waals surface area contributed by atoms with Gasteiger partial charge in [-0.25, -0.2) is 4.98 Å². The molecule has 1 aliphatic heterocycles. The molecule has 0 bridgehead atoms. The van der Waals surface area contributed by atoms with Crippen LogP contribution in [0.15, 0.2) is 46.3 Å². The minimum Gasteiger partial charge on any atom is -0.467 e. The first-order valence-electron chi connectivity index (χ1n) is 9.63. The first-order chi connectivity index (χ1) is 15.0. The fourth-order valence-electron chi connectivity index (χ4n) is 3.57. The maximum absolute atomic E-state index is 13.2. The molecule has 162 valence electrons. The largest absolute Gasteiger partial charge is 0.467 e. The molecule has 4 rings (SSSR count). The monoisotopic (exact) mass is 443 g/mol. The lowest BCUT2D eigenvalue weighted by molar-refractivity contribution is -0.385. The van der Waals surface area contributed by atoms with Gasteiger partial charge < -0.3 is 14.2 Å². The molecule has 9 nitrogen and oxygen atoms in total. The average Bonchev–Trinajstić information content (AvgIpc) is 2.77. The molecule has 1 aliphatic rings. The number of nitro benzene ring substituents is 1. The Labute approximate surface area is 182 Å². The number of thioether (sulfide) groups is 1. The highest BCUT2D eigenvalue weighted by molar-refractivity contribution is 7.98. The van der Waals surface area contributed by atoms with Gasteiger partial charge in [0.05, 0.1) is 35.1 Å². The number of ether oxygens (including phenoxy) is 3. The van der Waals surface area contributed by atoms with Gasteiger partial charge in [-0.05, 0) is 19.1 Å². The molecule has 0 N–H and O–H groups in total. The fourth-order valence-corrected chi connectivity index (χ4v) is 4.63. The standard InChI is InChI=1S/C21H21N3O6S/c1-13(9-28-2)23-20(25)17-5-3-4-6-18(17)22-21(23)31-11-15-8-16(24(26)27)7-14-10-29-12-30-19(14)15/h3-8,13H,9-12H2,1-2H3. The normalized spacial score (nSPS) is 14.1. The van der Waals surface area contributed by atoms with Crippen LogP contribution in [0.2, 0.25) is 0 Å². The maximum atomic E-state index is 13.2. The van der Waals surface area contributed by atoms with Gasteiger partial charge in [-0.2, -0.15) is 0 Å². The smallest absolute Gasteiger partial charge is 0.270 e. The molecule has 0 amide bonds. The summed E-state index contributed by atoms with van der Waals surface area (Å²) in [5.41, 5.74) is 1.71. The summed E-state index contributed by atoms with van der Waals surface area (Å²) in [6, 6.07) is 9.91. The first kappa shape index (κ1) is 21.3. The van der Waals surface area contributed by atoms with E-state index in [-0.39, 0.29) is 30.7 Å². The number of hydrogen-bond acceptors (Lipinski definition) is 8. The summed E-state index contributed by atoms with van der Waals surface area (Å²) in [5, 5.41) is 12.4. The summed E-state index contributed by atoms with van der Waals surface area (Å²) >= 11 is 1.33. The Morgan fingerprint density at radius 3 is 2.94 bits per heavy atom. The molecule has 0 saturated heterocycles. The van der Waals surface area contributed by atoms with Crippen LogP contribution in [0.4, 0.5) is 5.69 Å². The van der Waals surface area contributed by atoms with Crippen LogP contribution in [-0.2, 0) is 21.8 Å². The number of nitrogens with zero attached hydrogens (tertiary/aromatic N) is 3. The van der Waals surface area contributed by atoms with Crippen molar-refractivity contribution in [2.24, 2.45) is 0 Å². The Hall–Kier alpha value is -2.95. The van der Waals surface area contributed by atoms with E-state index >= 15 is 0 Å². The minimum atomic E-state index is -0.437. The fraction of sp³-hybridized carbons (Fsp3) is 0.333. The molecule has 1 aromatic heterocycles. The predicted molar refractivity (Wildman–Crippen MR) is 116 cm³/mol. The van der Waals surface area contributed by atoms with Crippen LogP contribution in [0.25, 0.3) is 10.9 Å².